The lowest BCUT2D eigenvalue weighted by molar-refractivity contribution is 0.0526. The average molecular weight is 298 g/mol. The molecular weight excluding hydrogens is 286 g/mol. The number of esters is 1. The van der Waals surface area contributed by atoms with Crippen molar-refractivity contribution >= 4 is 28.6 Å². The average Bonchev–Trinajstić information content (AvgIpc) is 2.42. The van der Waals surface area contributed by atoms with Crippen molar-refractivity contribution in [1.29, 1.82) is 0 Å². The standard InChI is InChI=1S/C12H12ClN3O4/c1-4-20-11(18)6-5-14-9-7(8(6)13)10(17)16(3)12(19)15(9)2/h5H,4H2,1-3H3. The molecule has 0 aromatic carbocycles. The van der Waals surface area contributed by atoms with Gasteiger partial charge < -0.3 is 4.74 Å². The SMILES string of the molecule is CCOC(=O)c1cnc2c(c1Cl)c(=O)n(C)c(=O)n2C. The van der Waals surface area contributed by atoms with Crippen LogP contribution in [0.3, 0.4) is 0 Å². The quantitative estimate of drug-likeness (QED) is 0.752. The van der Waals surface area contributed by atoms with Gasteiger partial charge in [-0.1, -0.05) is 11.6 Å². The van der Waals surface area contributed by atoms with Gasteiger partial charge in [-0.15, -0.1) is 0 Å². The van der Waals surface area contributed by atoms with Crippen LogP contribution in [0.25, 0.3) is 11.0 Å². The number of aromatic nitrogens is 3. The van der Waals surface area contributed by atoms with E-state index in [1.807, 2.05) is 0 Å². The second-order valence-corrected chi connectivity index (χ2v) is 4.49. The second kappa shape index (κ2) is 5.09. The molecule has 2 aromatic heterocycles. The molecule has 0 atom stereocenters. The molecule has 106 valence electrons. The van der Waals surface area contributed by atoms with Gasteiger partial charge in [-0.25, -0.2) is 14.6 Å². The molecule has 2 aromatic rings. The van der Waals surface area contributed by atoms with Crippen molar-refractivity contribution in [2.45, 2.75) is 6.92 Å². The van der Waals surface area contributed by atoms with Gasteiger partial charge in [-0.05, 0) is 6.92 Å². The van der Waals surface area contributed by atoms with Crippen LogP contribution in [0, 0.1) is 0 Å². The maximum Gasteiger partial charge on any atom is 0.341 e. The fourth-order valence-corrected chi connectivity index (χ4v) is 2.14. The Bertz CT molecular complexity index is 822. The molecule has 0 amide bonds. The Morgan fingerprint density at radius 1 is 1.35 bits per heavy atom. The van der Waals surface area contributed by atoms with E-state index in [0.29, 0.717) is 0 Å². The molecule has 0 spiro atoms. The fraction of sp³-hybridized carbons (Fsp3) is 0.333. The van der Waals surface area contributed by atoms with E-state index in [4.69, 9.17) is 16.3 Å². The van der Waals surface area contributed by atoms with Crippen molar-refractivity contribution in [3.8, 4) is 0 Å². The summed E-state index contributed by atoms with van der Waals surface area (Å²) in [5.74, 6) is -0.664. The molecule has 0 aliphatic heterocycles. The number of halogens is 1. The lowest BCUT2D eigenvalue weighted by Gasteiger charge is -2.10. The Morgan fingerprint density at radius 3 is 2.60 bits per heavy atom. The van der Waals surface area contributed by atoms with Crippen LogP contribution < -0.4 is 11.2 Å². The van der Waals surface area contributed by atoms with Crippen molar-refractivity contribution in [3.05, 3.63) is 37.6 Å². The molecule has 0 bridgehead atoms. The Labute approximate surface area is 118 Å². The van der Waals surface area contributed by atoms with Crippen molar-refractivity contribution in [3.63, 3.8) is 0 Å². The van der Waals surface area contributed by atoms with Crippen LogP contribution in [0.2, 0.25) is 5.02 Å². The van der Waals surface area contributed by atoms with Crippen LogP contribution in [-0.4, -0.2) is 26.7 Å². The van der Waals surface area contributed by atoms with E-state index in [0.717, 1.165) is 4.57 Å². The number of carbonyl (C=O) groups excluding carboxylic acids is 1. The van der Waals surface area contributed by atoms with E-state index < -0.39 is 17.2 Å². The molecule has 0 saturated carbocycles. The molecule has 20 heavy (non-hydrogen) atoms. The summed E-state index contributed by atoms with van der Waals surface area (Å²) in [6, 6.07) is 0. The van der Waals surface area contributed by atoms with Crippen LogP contribution in [0.5, 0.6) is 0 Å². The molecule has 0 unspecified atom stereocenters. The Morgan fingerprint density at radius 2 is 2.00 bits per heavy atom. The van der Waals surface area contributed by atoms with Crippen molar-refractivity contribution in [2.24, 2.45) is 14.1 Å². The maximum atomic E-state index is 12.1. The first-order valence-electron chi connectivity index (χ1n) is 5.81. The second-order valence-electron chi connectivity index (χ2n) is 4.11. The van der Waals surface area contributed by atoms with E-state index >= 15 is 0 Å². The number of ether oxygens (including phenoxy) is 1. The van der Waals surface area contributed by atoms with Crippen LogP contribution >= 0.6 is 11.6 Å². The fourth-order valence-electron chi connectivity index (χ4n) is 1.84. The topological polar surface area (TPSA) is 83.2 Å². The largest absolute Gasteiger partial charge is 0.462 e. The highest BCUT2D eigenvalue weighted by Gasteiger charge is 2.20. The zero-order chi connectivity index (χ0) is 15.0. The monoisotopic (exact) mass is 297 g/mol. The van der Waals surface area contributed by atoms with Crippen molar-refractivity contribution in [1.82, 2.24) is 14.1 Å². The summed E-state index contributed by atoms with van der Waals surface area (Å²) in [4.78, 5) is 39.6. The third-order valence-electron chi connectivity index (χ3n) is 2.90. The predicted molar refractivity (Wildman–Crippen MR) is 73.2 cm³/mol. The van der Waals surface area contributed by atoms with Crippen molar-refractivity contribution < 1.29 is 9.53 Å². The first-order valence-corrected chi connectivity index (χ1v) is 6.19. The number of rotatable bonds is 2. The molecule has 0 N–H and O–H groups in total. The van der Waals surface area contributed by atoms with E-state index in [1.165, 1.54) is 24.9 Å². The number of pyridine rings is 1. The molecule has 2 rings (SSSR count). The number of carbonyl (C=O) groups is 1. The highest BCUT2D eigenvalue weighted by molar-refractivity contribution is 6.38. The highest BCUT2D eigenvalue weighted by atomic mass is 35.5. The van der Waals surface area contributed by atoms with E-state index in [1.54, 1.807) is 6.92 Å². The minimum atomic E-state index is -0.664. The van der Waals surface area contributed by atoms with Gasteiger partial charge in [-0.2, -0.15) is 0 Å². The Balaban J connectivity index is 2.90. The molecule has 0 aliphatic rings. The number of hydrogen-bond acceptors (Lipinski definition) is 5. The number of hydrogen-bond donors (Lipinski definition) is 0. The molecule has 0 saturated heterocycles. The third-order valence-corrected chi connectivity index (χ3v) is 3.29. The van der Waals surface area contributed by atoms with Gasteiger partial charge in [0.25, 0.3) is 5.56 Å². The van der Waals surface area contributed by atoms with Gasteiger partial charge in [-0.3, -0.25) is 13.9 Å². The molecule has 2 heterocycles. The molecule has 0 radical (unpaired) electrons. The number of fused-ring (bicyclic) bond motifs is 1. The zero-order valence-electron chi connectivity index (χ0n) is 11.1. The molecule has 0 aliphatic carbocycles. The van der Waals surface area contributed by atoms with E-state index in [9.17, 15) is 14.4 Å². The number of nitrogens with zero attached hydrogens (tertiary/aromatic N) is 3. The van der Waals surface area contributed by atoms with Crippen LogP contribution in [0.1, 0.15) is 17.3 Å². The third kappa shape index (κ3) is 2.00. The predicted octanol–water partition coefficient (Wildman–Crippen LogP) is 0.462. The maximum absolute atomic E-state index is 12.1. The molecule has 7 nitrogen and oxygen atoms in total. The minimum Gasteiger partial charge on any atom is -0.462 e. The summed E-state index contributed by atoms with van der Waals surface area (Å²) < 4.78 is 6.94. The Hall–Kier alpha value is -2.15. The van der Waals surface area contributed by atoms with Gasteiger partial charge >= 0.3 is 11.7 Å². The smallest absolute Gasteiger partial charge is 0.341 e. The van der Waals surface area contributed by atoms with Gasteiger partial charge in [0, 0.05) is 20.3 Å². The first-order chi connectivity index (χ1) is 9.40. The lowest BCUT2D eigenvalue weighted by atomic mass is 10.2. The Kier molecular flexibility index (Phi) is 3.63. The zero-order valence-corrected chi connectivity index (χ0v) is 11.9. The summed E-state index contributed by atoms with van der Waals surface area (Å²) in [7, 11) is 2.80. The van der Waals surface area contributed by atoms with Crippen molar-refractivity contribution in [2.75, 3.05) is 6.61 Å². The van der Waals surface area contributed by atoms with E-state index in [2.05, 4.69) is 4.98 Å². The minimum absolute atomic E-state index is 0.00299. The van der Waals surface area contributed by atoms with Crippen LogP contribution in [0.4, 0.5) is 0 Å². The van der Waals surface area contributed by atoms with E-state index in [-0.39, 0.29) is 28.2 Å². The molecule has 0 fully saturated rings. The normalized spacial score (nSPS) is 10.8. The molecule has 8 heteroatoms. The van der Waals surface area contributed by atoms with Gasteiger partial charge in [0.05, 0.1) is 17.2 Å². The molecular formula is C12H12ClN3O4. The summed E-state index contributed by atoms with van der Waals surface area (Å²) >= 11 is 6.10. The van der Waals surface area contributed by atoms with Crippen LogP contribution in [0.15, 0.2) is 15.8 Å². The first kappa shape index (κ1) is 14.3. The summed E-state index contributed by atoms with van der Waals surface area (Å²) in [6.45, 7) is 1.83. The van der Waals surface area contributed by atoms with Crippen LogP contribution in [-0.2, 0) is 18.8 Å². The lowest BCUT2D eigenvalue weighted by Crippen LogP contribution is -2.37. The van der Waals surface area contributed by atoms with Gasteiger partial charge in [0.2, 0.25) is 0 Å². The van der Waals surface area contributed by atoms with Gasteiger partial charge in [0.1, 0.15) is 5.39 Å². The summed E-state index contributed by atoms with van der Waals surface area (Å²) in [5.41, 5.74) is -1.00. The summed E-state index contributed by atoms with van der Waals surface area (Å²) in [5, 5.41) is -0.0496. The van der Waals surface area contributed by atoms with Gasteiger partial charge in [0.15, 0.2) is 5.65 Å². The summed E-state index contributed by atoms with van der Waals surface area (Å²) in [6.07, 6.45) is 1.20. The number of aryl methyl sites for hydroxylation is 1. The highest BCUT2D eigenvalue weighted by Crippen LogP contribution is 2.22.